The Bertz CT molecular complexity index is 1410. The van der Waals surface area contributed by atoms with Gasteiger partial charge in [-0.15, -0.1) is 0 Å². The molecule has 0 aromatic rings. The van der Waals surface area contributed by atoms with Crippen molar-refractivity contribution in [2.45, 2.75) is 284 Å². The standard InChI is InChI=1S/C65H110O6/c1-4-7-10-13-16-19-22-25-28-30-32-34-37-40-43-46-49-52-55-58-64(67)70-61-62(60-69-63(66)57-54-51-48-45-42-39-36-27-24-21-18-15-12-9-6-3)71-65(68)59-56-53-50-47-44-41-38-35-33-31-29-26-23-20-17-14-11-8-5-2/h7,10,16-17,19-20,25-26,28-29,32-35,40,43,62H,4-6,8-9,11-15,18,21-24,27,30-31,36-39,41-42,44-61H2,1-3H3/b10-7-,19-16-,20-17-,28-25-,29-26-,34-32-,35-33-,43-40-/t62-/m1/s1. The van der Waals surface area contributed by atoms with Crippen LogP contribution >= 0.6 is 0 Å². The van der Waals surface area contributed by atoms with E-state index in [-0.39, 0.29) is 31.1 Å². The van der Waals surface area contributed by atoms with Crippen molar-refractivity contribution in [3.8, 4) is 0 Å². The van der Waals surface area contributed by atoms with Gasteiger partial charge in [0.2, 0.25) is 0 Å². The van der Waals surface area contributed by atoms with Gasteiger partial charge < -0.3 is 14.2 Å². The van der Waals surface area contributed by atoms with Gasteiger partial charge in [-0.3, -0.25) is 14.4 Å². The third kappa shape index (κ3) is 57.1. The van der Waals surface area contributed by atoms with E-state index in [1.54, 1.807) is 0 Å². The van der Waals surface area contributed by atoms with Gasteiger partial charge in [0.1, 0.15) is 13.2 Å². The zero-order valence-corrected chi connectivity index (χ0v) is 46.5. The molecule has 0 saturated carbocycles. The second-order valence-electron chi connectivity index (χ2n) is 19.5. The fraction of sp³-hybridized carbons (Fsp3) is 0.708. The highest BCUT2D eigenvalue weighted by atomic mass is 16.6. The summed E-state index contributed by atoms with van der Waals surface area (Å²) in [6, 6.07) is 0. The van der Waals surface area contributed by atoms with Gasteiger partial charge in [-0.2, -0.15) is 0 Å². The number of rotatable bonds is 53. The summed E-state index contributed by atoms with van der Waals surface area (Å²) in [5, 5.41) is 0. The number of hydrogen-bond donors (Lipinski definition) is 0. The predicted molar refractivity (Wildman–Crippen MR) is 307 cm³/mol. The molecule has 6 nitrogen and oxygen atoms in total. The molecule has 0 heterocycles. The van der Waals surface area contributed by atoms with Gasteiger partial charge >= 0.3 is 17.9 Å². The third-order valence-corrected chi connectivity index (χ3v) is 12.6. The Morgan fingerprint density at radius 3 is 0.901 bits per heavy atom. The SMILES string of the molecule is CC/C=C\C/C=C\C/C=C\C/C=C\C/C=C\CCCCCC(=O)OC[C@@H](COC(=O)CCCCCCCCCCCCCCCCC)OC(=O)CCCCCCCC/C=C\C/C=C\C/C=C\CCCCC. The summed E-state index contributed by atoms with van der Waals surface area (Å²) in [4.78, 5) is 38.2. The summed E-state index contributed by atoms with van der Waals surface area (Å²) < 4.78 is 16.9. The molecule has 0 unspecified atom stereocenters. The maximum Gasteiger partial charge on any atom is 0.306 e. The minimum Gasteiger partial charge on any atom is -0.462 e. The molecule has 406 valence electrons. The monoisotopic (exact) mass is 987 g/mol. The lowest BCUT2D eigenvalue weighted by atomic mass is 10.0. The van der Waals surface area contributed by atoms with E-state index in [0.717, 1.165) is 122 Å². The van der Waals surface area contributed by atoms with Crippen molar-refractivity contribution in [2.75, 3.05) is 13.2 Å². The molecule has 0 radical (unpaired) electrons. The molecule has 0 saturated heterocycles. The van der Waals surface area contributed by atoms with Crippen LogP contribution in [0, 0.1) is 0 Å². The first-order valence-electron chi connectivity index (χ1n) is 29.7. The normalized spacial score (nSPS) is 12.8. The van der Waals surface area contributed by atoms with E-state index in [0.29, 0.717) is 19.3 Å². The Balaban J connectivity index is 4.47. The number of carbonyl (C=O) groups excluding carboxylic acids is 3. The molecule has 0 aliphatic carbocycles. The summed E-state index contributed by atoms with van der Waals surface area (Å²) in [6.45, 7) is 6.48. The van der Waals surface area contributed by atoms with E-state index in [1.165, 1.54) is 116 Å². The van der Waals surface area contributed by atoms with Gasteiger partial charge in [0.25, 0.3) is 0 Å². The van der Waals surface area contributed by atoms with Gasteiger partial charge in [0.15, 0.2) is 6.10 Å². The third-order valence-electron chi connectivity index (χ3n) is 12.6. The zero-order valence-electron chi connectivity index (χ0n) is 46.5. The van der Waals surface area contributed by atoms with Crippen LogP contribution in [0.1, 0.15) is 278 Å². The van der Waals surface area contributed by atoms with Crippen LogP contribution in [0.5, 0.6) is 0 Å². The lowest BCUT2D eigenvalue weighted by molar-refractivity contribution is -0.167. The maximum atomic E-state index is 12.9. The highest BCUT2D eigenvalue weighted by molar-refractivity contribution is 5.71. The van der Waals surface area contributed by atoms with Crippen LogP contribution in [0.3, 0.4) is 0 Å². The number of carbonyl (C=O) groups is 3. The molecule has 0 aromatic heterocycles. The molecule has 0 aromatic carbocycles. The first-order chi connectivity index (χ1) is 35.0. The number of hydrogen-bond acceptors (Lipinski definition) is 6. The predicted octanol–water partition coefficient (Wildman–Crippen LogP) is 20.1. The Hall–Kier alpha value is -3.67. The summed E-state index contributed by atoms with van der Waals surface area (Å²) in [6.07, 6.45) is 78.2. The molecule has 0 rings (SSSR count). The lowest BCUT2D eigenvalue weighted by Crippen LogP contribution is -2.30. The molecule has 0 fully saturated rings. The van der Waals surface area contributed by atoms with Crippen molar-refractivity contribution < 1.29 is 28.6 Å². The second kappa shape index (κ2) is 58.9. The van der Waals surface area contributed by atoms with Crippen LogP contribution in [-0.2, 0) is 28.6 Å². The number of ether oxygens (including phenoxy) is 3. The van der Waals surface area contributed by atoms with Crippen LogP contribution in [0.4, 0.5) is 0 Å². The average Bonchev–Trinajstić information content (AvgIpc) is 3.37. The van der Waals surface area contributed by atoms with Gasteiger partial charge in [-0.25, -0.2) is 0 Å². The molecule has 0 amide bonds. The Morgan fingerprint density at radius 2 is 0.549 bits per heavy atom. The molecular weight excluding hydrogens is 877 g/mol. The van der Waals surface area contributed by atoms with E-state index in [9.17, 15) is 14.4 Å². The maximum absolute atomic E-state index is 12.9. The summed E-state index contributed by atoms with van der Waals surface area (Å²) in [7, 11) is 0. The molecule has 1 atom stereocenters. The van der Waals surface area contributed by atoms with Crippen molar-refractivity contribution >= 4 is 17.9 Å². The van der Waals surface area contributed by atoms with Crippen molar-refractivity contribution in [1.82, 2.24) is 0 Å². The summed E-state index contributed by atoms with van der Waals surface area (Å²) >= 11 is 0. The van der Waals surface area contributed by atoms with E-state index in [1.807, 2.05) is 0 Å². The molecule has 0 aliphatic rings. The minimum absolute atomic E-state index is 0.0922. The molecule has 6 heteroatoms. The first kappa shape index (κ1) is 67.3. The van der Waals surface area contributed by atoms with Gasteiger partial charge in [-0.05, 0) is 103 Å². The van der Waals surface area contributed by atoms with Crippen molar-refractivity contribution in [3.63, 3.8) is 0 Å². The molecular formula is C65H110O6. The average molecular weight is 988 g/mol. The highest BCUT2D eigenvalue weighted by Gasteiger charge is 2.19. The first-order valence-corrected chi connectivity index (χ1v) is 29.7. The topological polar surface area (TPSA) is 78.9 Å². The largest absolute Gasteiger partial charge is 0.462 e. The van der Waals surface area contributed by atoms with Crippen LogP contribution in [0.15, 0.2) is 97.2 Å². The number of allylic oxidation sites excluding steroid dienone is 16. The van der Waals surface area contributed by atoms with Crippen molar-refractivity contribution in [1.29, 1.82) is 0 Å². The molecule has 0 N–H and O–H groups in total. The number of esters is 3. The van der Waals surface area contributed by atoms with E-state index >= 15 is 0 Å². The number of unbranched alkanes of at least 4 members (excludes halogenated alkanes) is 26. The molecule has 0 bridgehead atoms. The van der Waals surface area contributed by atoms with Gasteiger partial charge in [-0.1, -0.05) is 253 Å². The van der Waals surface area contributed by atoms with Crippen LogP contribution in [0.25, 0.3) is 0 Å². The van der Waals surface area contributed by atoms with Crippen LogP contribution < -0.4 is 0 Å². The van der Waals surface area contributed by atoms with Crippen LogP contribution in [0.2, 0.25) is 0 Å². The van der Waals surface area contributed by atoms with Gasteiger partial charge in [0.05, 0.1) is 0 Å². The zero-order chi connectivity index (χ0) is 51.4. The van der Waals surface area contributed by atoms with Gasteiger partial charge in [0, 0.05) is 19.3 Å². The Kier molecular flexibility index (Phi) is 55.9. The van der Waals surface area contributed by atoms with Crippen molar-refractivity contribution in [2.24, 2.45) is 0 Å². The summed E-state index contributed by atoms with van der Waals surface area (Å²) in [5.41, 5.74) is 0. The molecule has 71 heavy (non-hydrogen) atoms. The Morgan fingerprint density at radius 1 is 0.296 bits per heavy atom. The fourth-order valence-electron chi connectivity index (χ4n) is 8.12. The highest BCUT2D eigenvalue weighted by Crippen LogP contribution is 2.15. The Labute approximate surface area is 438 Å². The molecule has 0 spiro atoms. The lowest BCUT2D eigenvalue weighted by Gasteiger charge is -2.18. The van der Waals surface area contributed by atoms with E-state index in [4.69, 9.17) is 14.2 Å². The minimum atomic E-state index is -0.799. The van der Waals surface area contributed by atoms with E-state index in [2.05, 4.69) is 118 Å². The fourth-order valence-corrected chi connectivity index (χ4v) is 8.12. The quantitative estimate of drug-likeness (QED) is 0.0261. The summed E-state index contributed by atoms with van der Waals surface area (Å²) in [5.74, 6) is -0.932. The second-order valence-corrected chi connectivity index (χ2v) is 19.5. The van der Waals surface area contributed by atoms with Crippen molar-refractivity contribution in [3.05, 3.63) is 97.2 Å². The smallest absolute Gasteiger partial charge is 0.306 e. The van der Waals surface area contributed by atoms with E-state index < -0.39 is 6.10 Å². The molecule has 0 aliphatic heterocycles. The van der Waals surface area contributed by atoms with Crippen LogP contribution in [-0.4, -0.2) is 37.2 Å².